The van der Waals surface area contributed by atoms with Gasteiger partial charge in [0.1, 0.15) is 6.04 Å². The number of hydrogen-bond acceptors (Lipinski definition) is 3. The van der Waals surface area contributed by atoms with Gasteiger partial charge in [-0.3, -0.25) is 9.48 Å². The minimum Gasteiger partial charge on any atom is -0.372 e. The zero-order chi connectivity index (χ0) is 13.3. The molecule has 0 aromatic carbocycles. The number of rotatable bonds is 2. The van der Waals surface area contributed by atoms with Crippen LogP contribution in [0.4, 0.5) is 0 Å². The Balaban J connectivity index is 2.06. The molecular weight excluding hydrogens is 298 g/mol. The zero-order valence-corrected chi connectivity index (χ0v) is 12.4. The van der Waals surface area contributed by atoms with E-state index in [0.29, 0.717) is 13.1 Å². The first kappa shape index (κ1) is 13.5. The summed E-state index contributed by atoms with van der Waals surface area (Å²) in [6.07, 6.45) is 3.69. The van der Waals surface area contributed by atoms with E-state index >= 15 is 0 Å². The molecule has 0 aliphatic carbocycles. The molecule has 100 valence electrons. The van der Waals surface area contributed by atoms with Crippen molar-refractivity contribution in [2.75, 3.05) is 13.1 Å². The van der Waals surface area contributed by atoms with Crippen LogP contribution in [0.1, 0.15) is 26.8 Å². The number of halogens is 1. The third-order valence-corrected chi connectivity index (χ3v) is 3.46. The highest BCUT2D eigenvalue weighted by atomic mass is 79.9. The maximum absolute atomic E-state index is 12.4. The van der Waals surface area contributed by atoms with Crippen LogP contribution in [0.15, 0.2) is 16.9 Å². The van der Waals surface area contributed by atoms with Crippen LogP contribution in [0.25, 0.3) is 0 Å². The smallest absolute Gasteiger partial charge is 0.247 e. The van der Waals surface area contributed by atoms with Crippen LogP contribution in [-0.4, -0.2) is 45.9 Å². The van der Waals surface area contributed by atoms with Crippen LogP contribution in [0.5, 0.6) is 0 Å². The molecule has 2 rings (SSSR count). The Bertz CT molecular complexity index is 425. The van der Waals surface area contributed by atoms with Gasteiger partial charge >= 0.3 is 0 Å². The monoisotopic (exact) mass is 315 g/mol. The summed E-state index contributed by atoms with van der Waals surface area (Å²) < 4.78 is 8.19. The summed E-state index contributed by atoms with van der Waals surface area (Å²) in [4.78, 5) is 14.3. The van der Waals surface area contributed by atoms with Gasteiger partial charge in [0, 0.05) is 19.3 Å². The van der Waals surface area contributed by atoms with E-state index in [4.69, 9.17) is 4.74 Å². The largest absolute Gasteiger partial charge is 0.372 e. The molecule has 18 heavy (non-hydrogen) atoms. The number of morpholine rings is 1. The number of amides is 1. The molecule has 2 heterocycles. The van der Waals surface area contributed by atoms with E-state index in [1.807, 2.05) is 31.9 Å². The number of hydrogen-bond donors (Lipinski definition) is 0. The fourth-order valence-electron chi connectivity index (χ4n) is 2.26. The van der Waals surface area contributed by atoms with Gasteiger partial charge in [0.25, 0.3) is 0 Å². The first-order chi connectivity index (χ1) is 8.47. The van der Waals surface area contributed by atoms with Gasteiger partial charge in [-0.2, -0.15) is 5.10 Å². The van der Waals surface area contributed by atoms with Crippen LogP contribution in [0.2, 0.25) is 0 Å². The van der Waals surface area contributed by atoms with Gasteiger partial charge in [-0.25, -0.2) is 0 Å². The second-order valence-electron chi connectivity index (χ2n) is 4.82. The molecule has 1 aliphatic heterocycles. The number of carbonyl (C=O) groups excluding carboxylic acids is 1. The second kappa shape index (κ2) is 5.40. The van der Waals surface area contributed by atoms with E-state index in [1.165, 1.54) is 0 Å². The minimum absolute atomic E-state index is 0.0904. The summed E-state index contributed by atoms with van der Waals surface area (Å²) in [6.45, 7) is 7.15. The topological polar surface area (TPSA) is 47.4 Å². The molecule has 1 amide bonds. The summed E-state index contributed by atoms with van der Waals surface area (Å²) >= 11 is 3.34. The number of nitrogens with zero attached hydrogens (tertiary/aromatic N) is 3. The van der Waals surface area contributed by atoms with Gasteiger partial charge in [-0.1, -0.05) is 0 Å². The third kappa shape index (κ3) is 2.92. The van der Waals surface area contributed by atoms with E-state index in [0.717, 1.165) is 4.47 Å². The SMILES string of the molecule is C[C@@H]1CN(C(=O)[C@@H](C)n2cc(Br)cn2)C[C@H](C)O1. The van der Waals surface area contributed by atoms with Crippen LogP contribution in [-0.2, 0) is 9.53 Å². The molecule has 0 saturated carbocycles. The Morgan fingerprint density at radius 3 is 2.61 bits per heavy atom. The Morgan fingerprint density at radius 1 is 1.50 bits per heavy atom. The summed E-state index contributed by atoms with van der Waals surface area (Å²) in [5, 5.41) is 4.16. The van der Waals surface area contributed by atoms with Crippen molar-refractivity contribution in [1.29, 1.82) is 0 Å². The van der Waals surface area contributed by atoms with Gasteiger partial charge < -0.3 is 9.64 Å². The fourth-order valence-corrected chi connectivity index (χ4v) is 2.56. The van der Waals surface area contributed by atoms with E-state index < -0.39 is 0 Å². The summed E-state index contributed by atoms with van der Waals surface area (Å²) in [5.74, 6) is 0.0904. The second-order valence-corrected chi connectivity index (χ2v) is 5.73. The van der Waals surface area contributed by atoms with Crippen molar-refractivity contribution in [2.45, 2.75) is 39.0 Å². The van der Waals surface area contributed by atoms with Crippen LogP contribution in [0.3, 0.4) is 0 Å². The normalized spacial score (nSPS) is 26.1. The molecule has 1 aromatic rings. The van der Waals surface area contributed by atoms with Crippen molar-refractivity contribution < 1.29 is 9.53 Å². The molecule has 0 radical (unpaired) electrons. The van der Waals surface area contributed by atoms with Crippen LogP contribution in [0, 0.1) is 0 Å². The first-order valence-corrected chi connectivity index (χ1v) is 6.90. The van der Waals surface area contributed by atoms with Crippen LogP contribution >= 0.6 is 15.9 Å². The Hall–Kier alpha value is -0.880. The highest BCUT2D eigenvalue weighted by Crippen LogP contribution is 2.17. The Kier molecular flexibility index (Phi) is 4.07. The van der Waals surface area contributed by atoms with E-state index in [2.05, 4.69) is 21.0 Å². The predicted molar refractivity (Wildman–Crippen MR) is 71.2 cm³/mol. The van der Waals surface area contributed by atoms with Crippen molar-refractivity contribution in [3.8, 4) is 0 Å². The molecule has 5 nitrogen and oxygen atoms in total. The van der Waals surface area contributed by atoms with E-state index in [9.17, 15) is 4.79 Å². The number of aromatic nitrogens is 2. The fraction of sp³-hybridized carbons (Fsp3) is 0.667. The molecule has 1 aliphatic rings. The predicted octanol–water partition coefficient (Wildman–Crippen LogP) is 1.84. The van der Waals surface area contributed by atoms with E-state index in [1.54, 1.807) is 10.9 Å². The maximum atomic E-state index is 12.4. The van der Waals surface area contributed by atoms with Crippen molar-refractivity contribution in [3.05, 3.63) is 16.9 Å². The zero-order valence-electron chi connectivity index (χ0n) is 10.8. The molecule has 1 aromatic heterocycles. The maximum Gasteiger partial charge on any atom is 0.247 e. The summed E-state index contributed by atoms with van der Waals surface area (Å²) in [5.41, 5.74) is 0. The van der Waals surface area contributed by atoms with Crippen molar-refractivity contribution in [3.63, 3.8) is 0 Å². The highest BCUT2D eigenvalue weighted by Gasteiger charge is 2.29. The number of ether oxygens (including phenoxy) is 1. The van der Waals surface area contributed by atoms with Crippen molar-refractivity contribution in [1.82, 2.24) is 14.7 Å². The van der Waals surface area contributed by atoms with Gasteiger partial charge in [0.2, 0.25) is 5.91 Å². The molecule has 0 N–H and O–H groups in total. The lowest BCUT2D eigenvalue weighted by molar-refractivity contribution is -0.146. The standard InChI is InChI=1S/C12H18BrN3O2/c1-8-5-15(6-9(2)18-8)12(17)10(3)16-7-11(13)4-14-16/h4,7-10H,5-6H2,1-3H3/t8-,9+,10-/m1/s1. The van der Waals surface area contributed by atoms with Gasteiger partial charge in [0.15, 0.2) is 0 Å². The molecule has 0 bridgehead atoms. The summed E-state index contributed by atoms with van der Waals surface area (Å²) in [6, 6.07) is -0.284. The van der Waals surface area contributed by atoms with Gasteiger partial charge in [0.05, 0.1) is 22.9 Å². The molecule has 3 atom stereocenters. The van der Waals surface area contributed by atoms with Gasteiger partial charge in [-0.15, -0.1) is 0 Å². The molecule has 0 unspecified atom stereocenters. The quantitative estimate of drug-likeness (QED) is 0.836. The third-order valence-electron chi connectivity index (χ3n) is 3.06. The Morgan fingerprint density at radius 2 is 2.11 bits per heavy atom. The Labute approximate surface area is 115 Å². The lowest BCUT2D eigenvalue weighted by Crippen LogP contribution is -2.50. The highest BCUT2D eigenvalue weighted by molar-refractivity contribution is 9.10. The van der Waals surface area contributed by atoms with Gasteiger partial charge in [-0.05, 0) is 36.7 Å². The lowest BCUT2D eigenvalue weighted by atomic mass is 10.2. The summed E-state index contributed by atoms with van der Waals surface area (Å²) in [7, 11) is 0. The van der Waals surface area contributed by atoms with Crippen molar-refractivity contribution >= 4 is 21.8 Å². The average molecular weight is 316 g/mol. The molecular formula is C12H18BrN3O2. The molecule has 0 spiro atoms. The van der Waals surface area contributed by atoms with Crippen molar-refractivity contribution in [2.24, 2.45) is 0 Å². The number of carbonyl (C=O) groups is 1. The minimum atomic E-state index is -0.284. The molecule has 1 fully saturated rings. The van der Waals surface area contributed by atoms with Crippen LogP contribution < -0.4 is 0 Å². The molecule has 6 heteroatoms. The lowest BCUT2D eigenvalue weighted by Gasteiger charge is -2.36. The van der Waals surface area contributed by atoms with E-state index in [-0.39, 0.29) is 24.2 Å². The molecule has 1 saturated heterocycles. The first-order valence-electron chi connectivity index (χ1n) is 6.11. The average Bonchev–Trinajstić information content (AvgIpc) is 2.72.